The third-order valence-corrected chi connectivity index (χ3v) is 6.43. The Hall–Kier alpha value is -2.16. The van der Waals surface area contributed by atoms with Gasteiger partial charge in [0, 0.05) is 18.8 Å². The van der Waals surface area contributed by atoms with Crippen LogP contribution in [0.15, 0.2) is 47.4 Å². The van der Waals surface area contributed by atoms with Crippen LogP contribution in [0.4, 0.5) is 11.4 Å². The summed E-state index contributed by atoms with van der Waals surface area (Å²) in [5, 5.41) is 6.39. The highest BCUT2D eigenvalue weighted by molar-refractivity contribution is 7.89. The minimum absolute atomic E-state index is 0.215. The highest BCUT2D eigenvalue weighted by Gasteiger charge is 2.25. The van der Waals surface area contributed by atoms with Crippen molar-refractivity contribution in [3.05, 3.63) is 48.0 Å². The number of nitrogens with zero attached hydrogens (tertiary/aromatic N) is 1. The summed E-state index contributed by atoms with van der Waals surface area (Å²) in [5.74, 6) is 0.776. The number of hydrogen-bond acceptors (Lipinski definition) is 4. The number of hydrogen-bond donors (Lipinski definition) is 2. The highest BCUT2D eigenvalue weighted by Crippen LogP contribution is 2.26. The van der Waals surface area contributed by atoms with Gasteiger partial charge in [0.2, 0.25) is 10.0 Å². The first-order valence-corrected chi connectivity index (χ1v) is 11.1. The molecular weight excluding hydrogens is 394 g/mol. The zero-order chi connectivity index (χ0) is 20.7. The molecule has 0 fully saturated rings. The Kier molecular flexibility index (Phi) is 7.79. The third kappa shape index (κ3) is 5.43. The largest absolute Gasteiger partial charge is 0.494 e. The second-order valence-corrected chi connectivity index (χ2v) is 8.44. The van der Waals surface area contributed by atoms with Crippen molar-refractivity contribution >= 4 is 38.7 Å². The Labute approximate surface area is 173 Å². The van der Waals surface area contributed by atoms with Crippen LogP contribution >= 0.6 is 12.2 Å². The van der Waals surface area contributed by atoms with Crippen molar-refractivity contribution in [1.29, 1.82) is 0 Å². The minimum atomic E-state index is -3.62. The fraction of sp³-hybridized carbons (Fsp3) is 0.350. The van der Waals surface area contributed by atoms with Crippen LogP contribution in [0, 0.1) is 6.92 Å². The Morgan fingerprint density at radius 2 is 1.68 bits per heavy atom. The molecule has 0 bridgehead atoms. The molecule has 0 saturated heterocycles. The number of rotatable bonds is 8. The lowest BCUT2D eigenvalue weighted by atomic mass is 10.2. The van der Waals surface area contributed by atoms with Crippen LogP contribution < -0.4 is 15.4 Å². The summed E-state index contributed by atoms with van der Waals surface area (Å²) in [4.78, 5) is 0.215. The molecule has 152 valence electrons. The van der Waals surface area contributed by atoms with Crippen LogP contribution in [0.1, 0.15) is 26.3 Å². The van der Waals surface area contributed by atoms with E-state index in [4.69, 9.17) is 17.0 Å². The number of sulfonamides is 1. The summed E-state index contributed by atoms with van der Waals surface area (Å²) < 4.78 is 32.9. The molecule has 0 atom stereocenters. The van der Waals surface area contributed by atoms with Crippen molar-refractivity contribution in [2.45, 2.75) is 32.6 Å². The van der Waals surface area contributed by atoms with Crippen LogP contribution in [0.3, 0.4) is 0 Å². The molecule has 0 radical (unpaired) electrons. The molecular formula is C20H27N3O3S2. The molecule has 0 spiro atoms. The molecule has 6 nitrogen and oxygen atoms in total. The Bertz CT molecular complexity index is 909. The number of benzene rings is 2. The fourth-order valence-corrected chi connectivity index (χ4v) is 4.65. The summed E-state index contributed by atoms with van der Waals surface area (Å²) in [6.07, 6.45) is 0. The predicted molar refractivity (Wildman–Crippen MR) is 119 cm³/mol. The summed E-state index contributed by atoms with van der Waals surface area (Å²) in [5.41, 5.74) is 2.09. The number of aryl methyl sites for hydroxylation is 1. The van der Waals surface area contributed by atoms with E-state index in [1.54, 1.807) is 12.1 Å². The van der Waals surface area contributed by atoms with E-state index in [0.29, 0.717) is 30.5 Å². The van der Waals surface area contributed by atoms with Gasteiger partial charge >= 0.3 is 0 Å². The van der Waals surface area contributed by atoms with Gasteiger partial charge in [0.05, 0.1) is 12.3 Å². The van der Waals surface area contributed by atoms with Crippen molar-refractivity contribution in [2.24, 2.45) is 0 Å². The molecule has 2 N–H and O–H groups in total. The molecule has 28 heavy (non-hydrogen) atoms. The topological polar surface area (TPSA) is 70.7 Å². The number of thiocarbonyl (C=S) groups is 1. The fourth-order valence-electron chi connectivity index (χ4n) is 2.73. The highest BCUT2D eigenvalue weighted by atomic mass is 32.2. The lowest BCUT2D eigenvalue weighted by molar-refractivity contribution is 0.340. The van der Waals surface area contributed by atoms with Gasteiger partial charge < -0.3 is 15.4 Å². The second-order valence-electron chi connectivity index (χ2n) is 6.13. The lowest BCUT2D eigenvalue weighted by Crippen LogP contribution is -2.31. The monoisotopic (exact) mass is 421 g/mol. The maximum atomic E-state index is 13.0. The van der Waals surface area contributed by atoms with Crippen LogP contribution in [0.5, 0.6) is 5.75 Å². The maximum absolute atomic E-state index is 13.0. The van der Waals surface area contributed by atoms with Gasteiger partial charge in [-0.1, -0.05) is 19.9 Å². The smallest absolute Gasteiger partial charge is 0.245 e. The van der Waals surface area contributed by atoms with Crippen molar-refractivity contribution in [3.63, 3.8) is 0 Å². The molecule has 2 rings (SSSR count). The molecule has 0 aromatic heterocycles. The van der Waals surface area contributed by atoms with Crippen LogP contribution in [-0.2, 0) is 10.0 Å². The van der Waals surface area contributed by atoms with Gasteiger partial charge in [0.1, 0.15) is 10.6 Å². The predicted octanol–water partition coefficient (Wildman–Crippen LogP) is 4.23. The molecule has 2 aromatic rings. The van der Waals surface area contributed by atoms with Gasteiger partial charge in [-0.25, -0.2) is 8.42 Å². The van der Waals surface area contributed by atoms with E-state index >= 15 is 0 Å². The quantitative estimate of drug-likeness (QED) is 0.622. The molecule has 0 unspecified atom stereocenters. The van der Waals surface area contributed by atoms with Crippen LogP contribution in [0.25, 0.3) is 0 Å². The Morgan fingerprint density at radius 1 is 1.04 bits per heavy atom. The van der Waals surface area contributed by atoms with Crippen LogP contribution in [0.2, 0.25) is 0 Å². The first kappa shape index (κ1) is 22.1. The number of nitrogens with one attached hydrogen (secondary N) is 2. The lowest BCUT2D eigenvalue weighted by Gasteiger charge is -2.21. The van der Waals surface area contributed by atoms with E-state index in [-0.39, 0.29) is 4.90 Å². The first-order chi connectivity index (χ1) is 13.3. The van der Waals surface area contributed by atoms with E-state index in [0.717, 1.165) is 17.0 Å². The minimum Gasteiger partial charge on any atom is -0.494 e. The average molecular weight is 422 g/mol. The normalized spacial score (nSPS) is 11.3. The average Bonchev–Trinajstić information content (AvgIpc) is 2.65. The zero-order valence-electron chi connectivity index (χ0n) is 16.7. The second kappa shape index (κ2) is 9.86. The summed E-state index contributed by atoms with van der Waals surface area (Å²) >= 11 is 5.38. The standard InChI is InChI=1S/C20H27N3O3S2/c1-5-23(6-2)28(24,25)19-14-15(4)8-13-18(19)22-20(27)21-16-9-11-17(12-10-16)26-7-3/h8-14H,5-7H2,1-4H3,(H2,21,22,27). The van der Waals surface area contributed by atoms with Crippen molar-refractivity contribution in [3.8, 4) is 5.75 Å². The van der Waals surface area contributed by atoms with Crippen molar-refractivity contribution < 1.29 is 13.2 Å². The molecule has 0 heterocycles. The van der Waals surface area contributed by atoms with Gasteiger partial charge in [0.25, 0.3) is 0 Å². The first-order valence-electron chi connectivity index (χ1n) is 9.23. The van der Waals surface area contributed by atoms with Crippen molar-refractivity contribution in [1.82, 2.24) is 4.31 Å². The molecule has 0 amide bonds. The molecule has 0 aliphatic rings. The summed E-state index contributed by atoms with van der Waals surface area (Å²) in [7, 11) is -3.62. The zero-order valence-corrected chi connectivity index (χ0v) is 18.3. The maximum Gasteiger partial charge on any atom is 0.245 e. The van der Waals surface area contributed by atoms with E-state index < -0.39 is 10.0 Å². The molecule has 2 aromatic carbocycles. The van der Waals surface area contributed by atoms with E-state index in [9.17, 15) is 8.42 Å². The van der Waals surface area contributed by atoms with E-state index in [1.165, 1.54) is 4.31 Å². The van der Waals surface area contributed by atoms with Gasteiger partial charge in [-0.3, -0.25) is 0 Å². The molecule has 0 aliphatic carbocycles. The van der Waals surface area contributed by atoms with Crippen LogP contribution in [-0.4, -0.2) is 37.5 Å². The molecule has 0 aliphatic heterocycles. The van der Waals surface area contributed by atoms with E-state index in [1.807, 2.05) is 58.0 Å². The summed E-state index contributed by atoms with van der Waals surface area (Å²) in [6, 6.07) is 12.6. The van der Waals surface area contributed by atoms with Gasteiger partial charge in [-0.2, -0.15) is 4.31 Å². The SMILES string of the molecule is CCOc1ccc(NC(=S)Nc2ccc(C)cc2S(=O)(=O)N(CC)CC)cc1. The van der Waals surface area contributed by atoms with Gasteiger partial charge in [-0.05, 0) is 68.0 Å². The van der Waals surface area contributed by atoms with Gasteiger partial charge in [-0.15, -0.1) is 0 Å². The summed E-state index contributed by atoms with van der Waals surface area (Å²) in [6.45, 7) is 8.84. The number of anilines is 2. The molecule has 0 saturated carbocycles. The number of ether oxygens (including phenoxy) is 1. The van der Waals surface area contributed by atoms with Gasteiger partial charge in [0.15, 0.2) is 5.11 Å². The Morgan fingerprint density at radius 3 is 2.25 bits per heavy atom. The third-order valence-electron chi connectivity index (χ3n) is 4.13. The molecule has 8 heteroatoms. The van der Waals surface area contributed by atoms with E-state index in [2.05, 4.69) is 10.6 Å². The Balaban J connectivity index is 2.22. The van der Waals surface area contributed by atoms with Crippen molar-refractivity contribution in [2.75, 3.05) is 30.3 Å².